The molecule has 4 rings (SSSR count). The van der Waals surface area contributed by atoms with Gasteiger partial charge < -0.3 is 15.8 Å². The molecule has 0 bridgehead atoms. The number of carbonyl (C=O) groups is 1. The summed E-state index contributed by atoms with van der Waals surface area (Å²) in [6, 6.07) is 16.8. The van der Waals surface area contributed by atoms with Crippen LogP contribution >= 0.6 is 0 Å². The van der Waals surface area contributed by atoms with E-state index in [4.69, 9.17) is 10.5 Å². The first-order valence-corrected chi connectivity index (χ1v) is 8.60. The molecule has 0 aliphatic carbocycles. The number of aromatic nitrogens is 4. The van der Waals surface area contributed by atoms with E-state index in [0.29, 0.717) is 22.8 Å². The van der Waals surface area contributed by atoms with Crippen molar-refractivity contribution in [2.45, 2.75) is 6.92 Å². The third-order valence-electron chi connectivity index (χ3n) is 4.33. The summed E-state index contributed by atoms with van der Waals surface area (Å²) in [6.07, 6.45) is 0. The molecule has 0 spiro atoms. The number of nitrogens with two attached hydrogens (primary N) is 1. The molecule has 8 heteroatoms. The fourth-order valence-electron chi connectivity index (χ4n) is 2.83. The lowest BCUT2D eigenvalue weighted by Gasteiger charge is -2.10. The average Bonchev–Trinajstić information content (AvgIpc) is 3.14. The van der Waals surface area contributed by atoms with Crippen LogP contribution in [0.2, 0.25) is 0 Å². The highest BCUT2D eigenvalue weighted by Gasteiger charge is 2.19. The second-order valence-corrected chi connectivity index (χ2v) is 6.25. The Morgan fingerprint density at radius 1 is 1.11 bits per heavy atom. The number of methoxy groups -OCH3 is 1. The first kappa shape index (κ1) is 17.5. The van der Waals surface area contributed by atoms with Crippen LogP contribution in [0, 0.1) is 6.92 Å². The summed E-state index contributed by atoms with van der Waals surface area (Å²) in [5, 5.41) is 15.3. The number of para-hydroxylation sites is 2. The van der Waals surface area contributed by atoms with Crippen molar-refractivity contribution in [3.63, 3.8) is 0 Å². The number of amides is 1. The van der Waals surface area contributed by atoms with Crippen molar-refractivity contribution in [2.24, 2.45) is 0 Å². The molecule has 0 saturated carbocycles. The van der Waals surface area contributed by atoms with Gasteiger partial charge in [-0.2, -0.15) is 9.61 Å². The Kier molecular flexibility index (Phi) is 4.36. The second-order valence-electron chi connectivity index (χ2n) is 6.25. The van der Waals surface area contributed by atoms with E-state index in [1.165, 1.54) is 11.6 Å². The third kappa shape index (κ3) is 3.11. The summed E-state index contributed by atoms with van der Waals surface area (Å²) in [6.45, 7) is 2.02. The lowest BCUT2D eigenvalue weighted by molar-refractivity contribution is 0.102. The van der Waals surface area contributed by atoms with Gasteiger partial charge in [0.2, 0.25) is 0 Å². The zero-order valence-corrected chi connectivity index (χ0v) is 15.4. The number of fused-ring (bicyclic) bond motifs is 1. The SMILES string of the molecule is COc1ccccc1NC(=O)c1nnc2cc(-c3ccc(C)cc3)nn2c1N. The lowest BCUT2D eigenvalue weighted by Crippen LogP contribution is -2.19. The molecule has 2 aromatic heterocycles. The molecule has 0 atom stereocenters. The zero-order valence-electron chi connectivity index (χ0n) is 15.4. The Bertz CT molecular complexity index is 1170. The van der Waals surface area contributed by atoms with Crippen LogP contribution in [0.3, 0.4) is 0 Å². The van der Waals surface area contributed by atoms with Gasteiger partial charge in [-0.1, -0.05) is 42.0 Å². The van der Waals surface area contributed by atoms with Crippen LogP contribution in [0.1, 0.15) is 16.1 Å². The number of ether oxygens (including phenoxy) is 1. The first-order valence-electron chi connectivity index (χ1n) is 8.60. The molecule has 4 aromatic rings. The predicted octanol–water partition coefficient (Wildman–Crippen LogP) is 2.94. The Labute approximate surface area is 161 Å². The topological polar surface area (TPSA) is 107 Å². The minimum atomic E-state index is -0.496. The van der Waals surface area contributed by atoms with Crippen molar-refractivity contribution in [2.75, 3.05) is 18.2 Å². The Morgan fingerprint density at radius 3 is 2.61 bits per heavy atom. The number of rotatable bonds is 4. The highest BCUT2D eigenvalue weighted by molar-refractivity contribution is 6.06. The molecule has 28 heavy (non-hydrogen) atoms. The number of hydrogen-bond donors (Lipinski definition) is 2. The number of benzene rings is 2. The maximum Gasteiger partial charge on any atom is 0.280 e. The van der Waals surface area contributed by atoms with Gasteiger partial charge in [-0.25, -0.2) is 0 Å². The van der Waals surface area contributed by atoms with Crippen LogP contribution in [0.15, 0.2) is 54.6 Å². The van der Waals surface area contributed by atoms with Crippen molar-refractivity contribution in [1.29, 1.82) is 0 Å². The Morgan fingerprint density at radius 2 is 1.86 bits per heavy atom. The van der Waals surface area contributed by atoms with Crippen molar-refractivity contribution in [3.8, 4) is 17.0 Å². The quantitative estimate of drug-likeness (QED) is 0.569. The van der Waals surface area contributed by atoms with E-state index in [1.54, 1.807) is 24.3 Å². The molecule has 1 amide bonds. The summed E-state index contributed by atoms with van der Waals surface area (Å²) in [4.78, 5) is 12.7. The Balaban J connectivity index is 1.69. The number of nitrogens with one attached hydrogen (secondary N) is 1. The zero-order chi connectivity index (χ0) is 19.7. The molecule has 8 nitrogen and oxygen atoms in total. The predicted molar refractivity (Wildman–Crippen MR) is 106 cm³/mol. The monoisotopic (exact) mass is 374 g/mol. The van der Waals surface area contributed by atoms with Crippen molar-refractivity contribution in [1.82, 2.24) is 19.8 Å². The number of anilines is 2. The smallest absolute Gasteiger partial charge is 0.280 e. The minimum Gasteiger partial charge on any atom is -0.495 e. The van der Waals surface area contributed by atoms with Crippen molar-refractivity contribution < 1.29 is 9.53 Å². The molecular formula is C20H18N6O2. The first-order chi connectivity index (χ1) is 13.6. The lowest BCUT2D eigenvalue weighted by atomic mass is 10.1. The van der Waals surface area contributed by atoms with Crippen molar-refractivity contribution >= 4 is 23.1 Å². The summed E-state index contributed by atoms with van der Waals surface area (Å²) in [7, 11) is 1.53. The van der Waals surface area contributed by atoms with Gasteiger partial charge in [0.15, 0.2) is 17.2 Å². The standard InChI is InChI=1S/C20H18N6O2/c1-12-7-9-13(10-8-12)15-11-17-23-24-18(19(21)26(17)25-15)20(27)22-14-5-3-4-6-16(14)28-2/h3-11H,21H2,1-2H3,(H,22,27). The summed E-state index contributed by atoms with van der Waals surface area (Å²) < 4.78 is 6.66. The molecule has 0 aliphatic heterocycles. The van der Waals surface area contributed by atoms with Crippen LogP contribution in [-0.4, -0.2) is 32.8 Å². The van der Waals surface area contributed by atoms with E-state index in [1.807, 2.05) is 37.3 Å². The normalized spacial score (nSPS) is 10.8. The van der Waals surface area contributed by atoms with Gasteiger partial charge in [0.1, 0.15) is 5.75 Å². The van der Waals surface area contributed by atoms with Gasteiger partial charge in [-0.15, -0.1) is 10.2 Å². The fraction of sp³-hybridized carbons (Fsp3) is 0.100. The largest absolute Gasteiger partial charge is 0.495 e. The number of hydrogen-bond acceptors (Lipinski definition) is 6. The van der Waals surface area contributed by atoms with E-state index in [9.17, 15) is 4.79 Å². The fourth-order valence-corrected chi connectivity index (χ4v) is 2.83. The van der Waals surface area contributed by atoms with Crippen LogP contribution < -0.4 is 15.8 Å². The van der Waals surface area contributed by atoms with Gasteiger partial charge in [-0.3, -0.25) is 4.79 Å². The maximum atomic E-state index is 12.7. The van der Waals surface area contributed by atoms with Crippen LogP contribution in [0.5, 0.6) is 5.75 Å². The molecule has 0 aliphatic rings. The number of nitrogen functional groups attached to an aromatic ring is 1. The van der Waals surface area contributed by atoms with Crippen molar-refractivity contribution in [3.05, 3.63) is 65.9 Å². The average molecular weight is 374 g/mol. The highest BCUT2D eigenvalue weighted by atomic mass is 16.5. The van der Waals surface area contributed by atoms with E-state index in [0.717, 1.165) is 11.1 Å². The molecule has 0 radical (unpaired) electrons. The molecule has 0 unspecified atom stereocenters. The highest BCUT2D eigenvalue weighted by Crippen LogP contribution is 2.25. The number of nitrogens with zero attached hydrogens (tertiary/aromatic N) is 4. The third-order valence-corrected chi connectivity index (χ3v) is 4.33. The summed E-state index contributed by atoms with van der Waals surface area (Å²) in [5.41, 5.74) is 9.90. The van der Waals surface area contributed by atoms with Crippen LogP contribution in [-0.2, 0) is 0 Å². The summed E-state index contributed by atoms with van der Waals surface area (Å²) >= 11 is 0. The van der Waals surface area contributed by atoms with Gasteiger partial charge >= 0.3 is 0 Å². The van der Waals surface area contributed by atoms with E-state index >= 15 is 0 Å². The number of aryl methyl sites for hydroxylation is 1. The van der Waals surface area contributed by atoms with Gasteiger partial charge in [-0.05, 0) is 19.1 Å². The second kappa shape index (κ2) is 6.99. The molecule has 2 aromatic carbocycles. The summed E-state index contributed by atoms with van der Waals surface area (Å²) in [5.74, 6) is 0.142. The van der Waals surface area contributed by atoms with E-state index < -0.39 is 5.91 Å². The van der Waals surface area contributed by atoms with E-state index in [-0.39, 0.29) is 11.5 Å². The molecule has 2 heterocycles. The van der Waals surface area contributed by atoms with Crippen LogP contribution in [0.4, 0.5) is 11.5 Å². The van der Waals surface area contributed by atoms with Gasteiger partial charge in [0.05, 0.1) is 18.5 Å². The molecule has 140 valence electrons. The molecular weight excluding hydrogens is 356 g/mol. The maximum absolute atomic E-state index is 12.7. The number of carbonyl (C=O) groups excluding carboxylic acids is 1. The van der Waals surface area contributed by atoms with Gasteiger partial charge in [0, 0.05) is 11.6 Å². The van der Waals surface area contributed by atoms with E-state index in [2.05, 4.69) is 20.6 Å². The Hall–Kier alpha value is -3.94. The molecule has 0 saturated heterocycles. The molecule has 0 fully saturated rings. The molecule has 3 N–H and O–H groups in total. The minimum absolute atomic E-state index is 0.0167. The van der Waals surface area contributed by atoms with Gasteiger partial charge in [0.25, 0.3) is 5.91 Å². The van der Waals surface area contributed by atoms with Crippen LogP contribution in [0.25, 0.3) is 16.9 Å².